The fourth-order valence-electron chi connectivity index (χ4n) is 12.8. The van der Waals surface area contributed by atoms with E-state index in [1.807, 2.05) is 0 Å². The molecule has 0 aliphatic heterocycles. The Morgan fingerprint density at radius 1 is 0.829 bits per heavy atom. The number of hydrogen-bond donors (Lipinski definition) is 3. The summed E-state index contributed by atoms with van der Waals surface area (Å²) in [4.78, 5) is 14.0. The second kappa shape index (κ2) is 8.87. The summed E-state index contributed by atoms with van der Waals surface area (Å²) in [6.07, 6.45) is 11.2. The minimum Gasteiger partial charge on any atom is -0.508 e. The standard InChI is InChI=1S/C37H54O4/c1-22(2)24-13-15-33(5)17-19-35(7)26(30(24)33)11-12-29-34(6)18-20-37(41,31(40)25-10-9-23(38)21-27(25)39)32(3,4)28(34)14-16-36(29,35)8/h9-10,21,24,26,28-30,38-39,41H,1,11-20H2,2-8H3/t24-,26+,28-,29+,30+,33+,34-,35+,36+,37+/m0/s1. The second-order valence-electron chi connectivity index (χ2n) is 17.0. The van der Waals surface area contributed by atoms with Crippen LogP contribution in [0.5, 0.6) is 11.5 Å². The van der Waals surface area contributed by atoms with Crippen molar-refractivity contribution < 1.29 is 20.1 Å². The van der Waals surface area contributed by atoms with Gasteiger partial charge in [-0.2, -0.15) is 0 Å². The van der Waals surface area contributed by atoms with Gasteiger partial charge >= 0.3 is 0 Å². The van der Waals surface area contributed by atoms with Crippen LogP contribution in [0.4, 0.5) is 0 Å². The molecule has 41 heavy (non-hydrogen) atoms. The summed E-state index contributed by atoms with van der Waals surface area (Å²) in [7, 11) is 0. The SMILES string of the molecule is C=C(C)[C@@H]1CC[C@]2(C)CC[C@]3(C)[C@H](CC[C@@H]4[C@@]5(C)CC[C@@](O)(C(=O)c6ccc(O)cc6O)C(C)(C)[C@@H]5CC[C@]43C)[C@@H]12. The lowest BCUT2D eigenvalue weighted by Crippen LogP contribution is -2.69. The van der Waals surface area contributed by atoms with Crippen LogP contribution in [0, 0.1) is 56.7 Å². The Bertz CT molecular complexity index is 1280. The van der Waals surface area contributed by atoms with Crippen LogP contribution in [0.25, 0.3) is 0 Å². The average Bonchev–Trinajstić information content (AvgIpc) is 3.24. The molecule has 10 atom stereocenters. The first-order valence-electron chi connectivity index (χ1n) is 16.4. The van der Waals surface area contributed by atoms with E-state index in [-0.39, 0.29) is 39.2 Å². The molecule has 5 fully saturated rings. The quantitative estimate of drug-likeness (QED) is 0.254. The van der Waals surface area contributed by atoms with E-state index < -0.39 is 16.8 Å². The maximum absolute atomic E-state index is 14.0. The van der Waals surface area contributed by atoms with Gasteiger partial charge in [0.2, 0.25) is 0 Å². The van der Waals surface area contributed by atoms with Crippen molar-refractivity contribution in [3.05, 3.63) is 35.9 Å². The monoisotopic (exact) mass is 562 g/mol. The van der Waals surface area contributed by atoms with Crippen LogP contribution < -0.4 is 0 Å². The number of ketones is 1. The molecule has 4 heteroatoms. The molecule has 4 nitrogen and oxygen atoms in total. The van der Waals surface area contributed by atoms with Crippen molar-refractivity contribution in [2.24, 2.45) is 56.7 Å². The third-order valence-electron chi connectivity index (χ3n) is 15.3. The molecule has 5 aliphatic carbocycles. The predicted molar refractivity (Wildman–Crippen MR) is 164 cm³/mol. The van der Waals surface area contributed by atoms with Gasteiger partial charge in [-0.15, -0.1) is 0 Å². The third kappa shape index (κ3) is 3.58. The van der Waals surface area contributed by atoms with Gasteiger partial charge in [0.15, 0.2) is 5.78 Å². The van der Waals surface area contributed by atoms with E-state index in [4.69, 9.17) is 0 Å². The van der Waals surface area contributed by atoms with Crippen LogP contribution in [0.1, 0.15) is 123 Å². The van der Waals surface area contributed by atoms with Gasteiger partial charge < -0.3 is 15.3 Å². The first-order chi connectivity index (χ1) is 19.0. The first-order valence-corrected chi connectivity index (χ1v) is 16.4. The molecule has 0 amide bonds. The molecule has 6 rings (SSSR count). The highest BCUT2D eigenvalue weighted by molar-refractivity contribution is 6.05. The molecule has 1 aromatic rings. The maximum Gasteiger partial charge on any atom is 0.198 e. The van der Waals surface area contributed by atoms with Crippen molar-refractivity contribution in [3.63, 3.8) is 0 Å². The van der Waals surface area contributed by atoms with E-state index in [9.17, 15) is 20.1 Å². The van der Waals surface area contributed by atoms with Crippen LogP contribution in [-0.4, -0.2) is 26.7 Å². The van der Waals surface area contributed by atoms with Gasteiger partial charge in [0, 0.05) is 11.5 Å². The van der Waals surface area contributed by atoms with Gasteiger partial charge in [-0.25, -0.2) is 0 Å². The Morgan fingerprint density at radius 3 is 2.20 bits per heavy atom. The number of rotatable bonds is 3. The van der Waals surface area contributed by atoms with E-state index in [1.165, 1.54) is 62.3 Å². The van der Waals surface area contributed by atoms with Crippen molar-refractivity contribution in [2.75, 3.05) is 0 Å². The number of phenols is 2. The molecule has 0 radical (unpaired) electrons. The van der Waals surface area contributed by atoms with E-state index in [2.05, 4.69) is 55.0 Å². The topological polar surface area (TPSA) is 77.8 Å². The minimum atomic E-state index is -1.56. The molecule has 0 bridgehead atoms. The number of aromatic hydroxyl groups is 2. The van der Waals surface area contributed by atoms with Crippen LogP contribution in [0.15, 0.2) is 30.4 Å². The van der Waals surface area contributed by atoms with Crippen LogP contribution in [0.3, 0.4) is 0 Å². The van der Waals surface area contributed by atoms with Crippen molar-refractivity contribution in [3.8, 4) is 11.5 Å². The third-order valence-corrected chi connectivity index (χ3v) is 15.3. The zero-order valence-corrected chi connectivity index (χ0v) is 26.6. The van der Waals surface area contributed by atoms with E-state index in [1.54, 1.807) is 0 Å². The lowest BCUT2D eigenvalue weighted by Gasteiger charge is -2.73. The molecule has 5 saturated carbocycles. The van der Waals surface area contributed by atoms with Gasteiger partial charge in [0.05, 0.1) is 5.56 Å². The number of aliphatic hydroxyl groups is 1. The molecule has 0 aromatic heterocycles. The lowest BCUT2D eigenvalue weighted by molar-refractivity contribution is -0.255. The lowest BCUT2D eigenvalue weighted by atomic mass is 9.31. The Hall–Kier alpha value is -1.81. The number of carbonyl (C=O) groups is 1. The predicted octanol–water partition coefficient (Wildman–Crippen LogP) is 8.69. The highest BCUT2D eigenvalue weighted by Gasteiger charge is 2.72. The molecule has 0 heterocycles. The average molecular weight is 563 g/mol. The molecular formula is C37H54O4. The fraction of sp³-hybridized carbons (Fsp3) is 0.757. The molecule has 5 aliphatic rings. The van der Waals surface area contributed by atoms with Gasteiger partial charge in [-0.05, 0) is 135 Å². The number of carbonyl (C=O) groups excluding carboxylic acids is 1. The van der Waals surface area contributed by atoms with Crippen molar-refractivity contribution >= 4 is 5.78 Å². The highest BCUT2D eigenvalue weighted by atomic mass is 16.3. The summed E-state index contributed by atoms with van der Waals surface area (Å²) < 4.78 is 0. The first kappa shape index (κ1) is 29.3. The van der Waals surface area contributed by atoms with Crippen molar-refractivity contribution in [2.45, 2.75) is 118 Å². The number of benzene rings is 1. The maximum atomic E-state index is 14.0. The molecule has 0 unspecified atom stereocenters. The summed E-state index contributed by atoms with van der Waals surface area (Å²) in [5, 5.41) is 32.6. The number of fused-ring (bicyclic) bond motifs is 7. The van der Waals surface area contributed by atoms with E-state index in [0.717, 1.165) is 31.1 Å². The zero-order valence-electron chi connectivity index (χ0n) is 26.6. The molecule has 1 aromatic carbocycles. The van der Waals surface area contributed by atoms with Gasteiger partial charge in [-0.3, -0.25) is 4.79 Å². The minimum absolute atomic E-state index is 0.0399. The molecule has 3 N–H and O–H groups in total. The van der Waals surface area contributed by atoms with Crippen molar-refractivity contribution in [1.82, 2.24) is 0 Å². The van der Waals surface area contributed by atoms with Gasteiger partial charge in [0.25, 0.3) is 0 Å². The number of allylic oxidation sites excluding steroid dienone is 1. The Kier molecular flexibility index (Phi) is 6.33. The Balaban J connectivity index is 1.35. The second-order valence-corrected chi connectivity index (χ2v) is 17.0. The number of hydrogen-bond acceptors (Lipinski definition) is 4. The number of Topliss-reactive ketones (excluding diaryl/α,β-unsaturated/α-hetero) is 1. The summed E-state index contributed by atoms with van der Waals surface area (Å²) in [5.74, 6) is 2.13. The van der Waals surface area contributed by atoms with Crippen molar-refractivity contribution in [1.29, 1.82) is 0 Å². The summed E-state index contributed by atoms with van der Waals surface area (Å²) in [6, 6.07) is 4.06. The highest BCUT2D eigenvalue weighted by Crippen LogP contribution is 2.78. The zero-order chi connectivity index (χ0) is 30.0. The summed E-state index contributed by atoms with van der Waals surface area (Å²) in [6.45, 7) is 21.3. The normalized spacial score (nSPS) is 48.3. The van der Waals surface area contributed by atoms with Gasteiger partial charge in [0.1, 0.15) is 17.1 Å². The molecule has 226 valence electrons. The van der Waals surface area contributed by atoms with Gasteiger partial charge in [-0.1, -0.05) is 53.7 Å². The largest absolute Gasteiger partial charge is 0.508 e. The Morgan fingerprint density at radius 2 is 1.54 bits per heavy atom. The Labute approximate surface area is 248 Å². The molecule has 0 spiro atoms. The summed E-state index contributed by atoms with van der Waals surface area (Å²) >= 11 is 0. The number of phenolic OH excluding ortho intramolecular Hbond substituents is 2. The van der Waals surface area contributed by atoms with E-state index >= 15 is 0 Å². The fourth-order valence-corrected chi connectivity index (χ4v) is 12.8. The van der Waals surface area contributed by atoms with Crippen LogP contribution in [-0.2, 0) is 0 Å². The van der Waals surface area contributed by atoms with E-state index in [0.29, 0.717) is 23.7 Å². The molecule has 0 saturated heterocycles. The van der Waals surface area contributed by atoms with Crippen LogP contribution >= 0.6 is 0 Å². The van der Waals surface area contributed by atoms with Crippen LogP contribution in [0.2, 0.25) is 0 Å². The summed E-state index contributed by atoms with van der Waals surface area (Å²) in [5.41, 5.74) is 0.286. The molecular weight excluding hydrogens is 508 g/mol. The smallest absolute Gasteiger partial charge is 0.198 e.